The van der Waals surface area contributed by atoms with Gasteiger partial charge in [0.25, 0.3) is 0 Å². The topological polar surface area (TPSA) is 87.7 Å². The summed E-state index contributed by atoms with van der Waals surface area (Å²) in [6, 6.07) is 153. The van der Waals surface area contributed by atoms with Crippen LogP contribution < -0.4 is 29.4 Å². The molecule has 0 radical (unpaired) electrons. The average Bonchev–Trinajstić information content (AvgIpc) is 1.55. The fraction of sp³-hybridized carbons (Fsp3) is 0.0500. The SMILES string of the molecule is CN1[CH-]N(c2[c-]c(-n3c4[c-]c(-c5nc6cc7ccccc7cc6n5C)ccc4c4ccccc43)ccc2)c2ccccc21.CN1[CH-]N(c2[c-]c(-n3c4[c-]c(-c5nc6ccccc6n5C)cc(-c5ccccc5)c4c4c5ccccc5ccc43)ccc2)c2ccccc21.CN1[CH-]N(c2[c-]c(-n3c4[c-]c(-c5nc6ccccc6n5C)ccc4c4cc5ccccc5cc43)ccc2)c2ccccc21.[Pt].[Pt].[Pt]. The van der Waals surface area contributed by atoms with E-state index in [4.69, 9.17) is 15.0 Å². The third-order valence-electron chi connectivity index (χ3n) is 27.2. The van der Waals surface area contributed by atoms with Gasteiger partial charge < -0.3 is 56.8 Å². The molecule has 0 bridgehead atoms. The Bertz CT molecular complexity index is 9180. The maximum Gasteiger partial charge on any atom is 0.0777 e. The molecule has 138 heavy (non-hydrogen) atoms. The molecule has 0 N–H and O–H groups in total. The first-order valence-electron chi connectivity index (χ1n) is 45.4. The van der Waals surface area contributed by atoms with Gasteiger partial charge >= 0.3 is 0 Å². The molecule has 18 heteroatoms. The first-order chi connectivity index (χ1) is 66.4. The summed E-state index contributed by atoms with van der Waals surface area (Å²) in [5.74, 6) is 2.67. The second-order valence-electron chi connectivity index (χ2n) is 35.0. The summed E-state index contributed by atoms with van der Waals surface area (Å²) in [6.45, 7) is 6.37. The van der Waals surface area contributed by atoms with E-state index in [2.05, 4.69) is 513 Å². The number of rotatable bonds is 10. The van der Waals surface area contributed by atoms with Crippen molar-refractivity contribution in [1.82, 2.24) is 42.4 Å². The van der Waals surface area contributed by atoms with Gasteiger partial charge in [-0.3, -0.25) is 15.0 Å². The molecule has 0 amide bonds. The standard InChI is InChI=1S/C44H30N5.2C38H26N5.3Pt/c1-46-28-48(39-22-11-10-21-38(39)46)32-16-12-17-33(27-32)49-40-24-23-30-15-6-7-18-34(30)42(40)43-35(29-13-4-3-5-14-29)25-31(26-41(43)49)44-45-36-19-8-9-20-37(36)47(44)2;1-40-24-42(35-17-8-7-16-34(35)40)28-12-9-13-29(23-28)43-36-22-27(38-39-32-14-5-6-15-33(32)41(38)2)18-19-30(36)31-20-25-10-3-4-11-26(25)21-37(31)43;1-40-24-42(35-17-8-7-16-34(35)40)28-12-9-13-29(23-28)43-33-15-6-5-14-30(33)31-19-18-27(22-36(31)43)38-39-32-20-25-10-3-4-11-26(25)21-37(32)41(38)2;;;/h3-25,28H,1-2H3;2*3-21,24H,1-2H3;;;/q3*-3;;;. The summed E-state index contributed by atoms with van der Waals surface area (Å²) < 4.78 is 13.4. The summed E-state index contributed by atoms with van der Waals surface area (Å²) in [4.78, 5) is 28.3. The molecule has 25 aromatic rings. The van der Waals surface area contributed by atoms with E-state index in [1.54, 1.807) is 0 Å². The van der Waals surface area contributed by atoms with Gasteiger partial charge in [0, 0.05) is 135 Å². The Labute approximate surface area is 840 Å². The summed E-state index contributed by atoms with van der Waals surface area (Å²) in [5, 5.41) is 14.3. The summed E-state index contributed by atoms with van der Waals surface area (Å²) >= 11 is 0. The van der Waals surface area contributed by atoms with Crippen LogP contribution in [0.3, 0.4) is 0 Å². The summed E-state index contributed by atoms with van der Waals surface area (Å²) in [7, 11) is 12.5. The molecule has 0 fully saturated rings. The molecule has 3 aliphatic rings. The molecule has 19 aromatic carbocycles. The quantitative estimate of drug-likeness (QED) is 0.124. The van der Waals surface area contributed by atoms with Crippen LogP contribution >= 0.6 is 0 Å². The number of nitrogens with zero attached hydrogens (tertiary/aromatic N) is 15. The smallest absolute Gasteiger partial charge is 0.0777 e. The van der Waals surface area contributed by atoms with Crippen molar-refractivity contribution in [3.8, 4) is 62.4 Å². The molecule has 0 saturated heterocycles. The van der Waals surface area contributed by atoms with Crippen molar-refractivity contribution in [2.45, 2.75) is 0 Å². The Morgan fingerprint density at radius 2 is 0.601 bits per heavy atom. The monoisotopic (exact) mass is 2320 g/mol. The Morgan fingerprint density at radius 1 is 0.225 bits per heavy atom. The molecule has 0 unspecified atom stereocenters. The van der Waals surface area contributed by atoms with Crippen LogP contribution in [0.4, 0.5) is 51.2 Å². The van der Waals surface area contributed by atoms with E-state index >= 15 is 0 Å². The van der Waals surface area contributed by atoms with Crippen LogP contribution in [0.5, 0.6) is 0 Å². The van der Waals surface area contributed by atoms with Gasteiger partial charge in [0.15, 0.2) is 0 Å². The number of fused-ring (bicyclic) bond motifs is 19. The van der Waals surface area contributed by atoms with Crippen LogP contribution in [-0.4, -0.2) is 63.5 Å². The number of anilines is 9. The number of para-hydroxylation sites is 11. The molecule has 6 aromatic heterocycles. The van der Waals surface area contributed by atoms with Gasteiger partial charge in [-0.1, -0.05) is 233 Å². The zero-order valence-corrected chi connectivity index (χ0v) is 82.4. The average molecular weight is 2320 g/mol. The number of aryl methyl sites for hydroxylation is 3. The number of aromatic nitrogens is 9. The Kier molecular flexibility index (Phi) is 21.9. The fourth-order valence-electron chi connectivity index (χ4n) is 20.7. The maximum atomic E-state index is 5.12. The molecule has 0 aliphatic carbocycles. The van der Waals surface area contributed by atoms with Crippen molar-refractivity contribution in [2.24, 2.45) is 21.1 Å². The first-order valence-corrected chi connectivity index (χ1v) is 45.4. The van der Waals surface area contributed by atoms with E-state index in [0.717, 1.165) is 185 Å². The molecular formula is C120H82N15Pt3-9. The van der Waals surface area contributed by atoms with Crippen LogP contribution in [0.2, 0.25) is 0 Å². The van der Waals surface area contributed by atoms with E-state index in [-0.39, 0.29) is 63.2 Å². The molecule has 28 rings (SSSR count). The van der Waals surface area contributed by atoms with E-state index in [9.17, 15) is 0 Å². The zero-order valence-electron chi connectivity index (χ0n) is 75.6. The van der Waals surface area contributed by atoms with E-state index < -0.39 is 0 Å². The molecule has 15 nitrogen and oxygen atoms in total. The summed E-state index contributed by atoms with van der Waals surface area (Å²) in [6.07, 6.45) is 0. The van der Waals surface area contributed by atoms with Crippen molar-refractivity contribution in [2.75, 3.05) is 50.5 Å². The molecule has 9 heterocycles. The third-order valence-corrected chi connectivity index (χ3v) is 27.2. The van der Waals surface area contributed by atoms with Gasteiger partial charge in [-0.15, -0.1) is 137 Å². The van der Waals surface area contributed by atoms with Crippen LogP contribution in [0.15, 0.2) is 370 Å². The van der Waals surface area contributed by atoms with Crippen molar-refractivity contribution in [3.63, 3.8) is 0 Å². The summed E-state index contributed by atoms with van der Waals surface area (Å²) in [5.41, 5.74) is 30.5. The van der Waals surface area contributed by atoms with Gasteiger partial charge in [-0.2, -0.15) is 38.2 Å². The normalized spacial score (nSPS) is 12.8. The van der Waals surface area contributed by atoms with E-state index in [1.165, 1.54) is 59.9 Å². The number of hydrogen-bond acceptors (Lipinski definition) is 9. The minimum Gasteiger partial charge on any atom is -0.504 e. The predicted molar refractivity (Wildman–Crippen MR) is 556 cm³/mol. The molecule has 3 aliphatic heterocycles. The van der Waals surface area contributed by atoms with Crippen molar-refractivity contribution in [3.05, 3.63) is 426 Å². The second kappa shape index (κ2) is 34.8. The Balaban J connectivity index is 0.000000115. The van der Waals surface area contributed by atoms with E-state index in [1.807, 2.05) is 12.1 Å². The number of hydrogen-bond donors (Lipinski definition) is 0. The number of imidazole rings is 3. The number of benzene rings is 19. The predicted octanol–water partition coefficient (Wildman–Crippen LogP) is 28.1. The zero-order chi connectivity index (χ0) is 90.0. The minimum atomic E-state index is 0. The largest absolute Gasteiger partial charge is 0.504 e. The van der Waals surface area contributed by atoms with Gasteiger partial charge in [0.2, 0.25) is 0 Å². The molecule has 0 saturated carbocycles. The molecule has 0 atom stereocenters. The molecule has 0 spiro atoms. The van der Waals surface area contributed by atoms with Crippen LogP contribution in [-0.2, 0) is 84.3 Å². The molecule has 676 valence electrons. The van der Waals surface area contributed by atoms with Gasteiger partial charge in [-0.25, -0.2) is 0 Å². The first kappa shape index (κ1) is 86.7. The minimum absolute atomic E-state index is 0. The van der Waals surface area contributed by atoms with Crippen LogP contribution in [0.25, 0.3) is 193 Å². The Hall–Kier alpha value is -15.4. The van der Waals surface area contributed by atoms with Crippen molar-refractivity contribution < 1.29 is 63.2 Å². The fourth-order valence-corrected chi connectivity index (χ4v) is 20.7. The van der Waals surface area contributed by atoms with Gasteiger partial charge in [0.1, 0.15) is 0 Å². The van der Waals surface area contributed by atoms with Gasteiger partial charge in [-0.05, 0) is 183 Å². The second-order valence-corrected chi connectivity index (χ2v) is 35.0. The third kappa shape index (κ3) is 14.2. The van der Waals surface area contributed by atoms with Crippen molar-refractivity contribution >= 4 is 182 Å². The maximum absolute atomic E-state index is 5.12. The Morgan fingerprint density at radius 3 is 1.12 bits per heavy atom. The van der Waals surface area contributed by atoms with Crippen LogP contribution in [0, 0.1) is 56.4 Å². The van der Waals surface area contributed by atoms with Gasteiger partial charge in [0.05, 0.1) is 50.6 Å². The van der Waals surface area contributed by atoms with E-state index in [0.29, 0.717) is 0 Å². The van der Waals surface area contributed by atoms with Crippen LogP contribution in [0.1, 0.15) is 0 Å². The van der Waals surface area contributed by atoms with Crippen molar-refractivity contribution in [1.29, 1.82) is 0 Å². The molecular weight excluding hydrogens is 2240 g/mol.